The summed E-state index contributed by atoms with van der Waals surface area (Å²) in [5.74, 6) is -0.379. The quantitative estimate of drug-likeness (QED) is 0.641. The normalized spacial score (nSPS) is 15.0. The van der Waals surface area contributed by atoms with Crippen LogP contribution in [-0.4, -0.2) is 44.3 Å². The maximum absolute atomic E-state index is 12.9. The lowest BCUT2D eigenvalue weighted by atomic mass is 10.2. The number of carbonyl (C=O) groups excluding carboxylic acids is 2. The van der Waals surface area contributed by atoms with Crippen molar-refractivity contribution in [1.29, 1.82) is 0 Å². The second-order valence-electron chi connectivity index (χ2n) is 7.23. The molecule has 1 saturated heterocycles. The number of aryl methyl sites for hydroxylation is 2. The molecule has 0 unspecified atom stereocenters. The highest BCUT2D eigenvalue weighted by Gasteiger charge is 2.26. The van der Waals surface area contributed by atoms with Crippen LogP contribution in [0.3, 0.4) is 0 Å². The number of rotatable bonds is 8. The second-order valence-corrected chi connectivity index (χ2v) is 9.17. The van der Waals surface area contributed by atoms with Crippen molar-refractivity contribution in [3.63, 3.8) is 0 Å². The summed E-state index contributed by atoms with van der Waals surface area (Å²) in [6.45, 7) is 2.33. The number of nitrogens with zero attached hydrogens (tertiary/aromatic N) is 1. The van der Waals surface area contributed by atoms with E-state index >= 15 is 0 Å². The Morgan fingerprint density at radius 1 is 1.17 bits per heavy atom. The van der Waals surface area contributed by atoms with E-state index in [4.69, 9.17) is 9.15 Å². The minimum atomic E-state index is -3.60. The second kappa shape index (κ2) is 9.90. The largest absolute Gasteiger partial charge is 0.469 e. The van der Waals surface area contributed by atoms with Crippen LogP contribution in [0.1, 0.15) is 37.0 Å². The summed E-state index contributed by atoms with van der Waals surface area (Å²) in [7, 11) is -3.60. The molecular weight excluding hydrogens is 408 g/mol. The molecule has 9 heteroatoms. The maximum atomic E-state index is 12.9. The first-order chi connectivity index (χ1) is 14.4. The first-order valence-corrected chi connectivity index (χ1v) is 11.4. The average molecular weight is 435 g/mol. The molecule has 1 aromatic heterocycles. The summed E-state index contributed by atoms with van der Waals surface area (Å²) in [5.41, 5.74) is 1.09. The Labute approximate surface area is 176 Å². The number of furan rings is 1. The molecule has 0 aliphatic carbocycles. The molecule has 2 heterocycles. The van der Waals surface area contributed by atoms with Gasteiger partial charge in [0.05, 0.1) is 17.6 Å². The average Bonchev–Trinajstić information content (AvgIpc) is 3.26. The number of esters is 1. The summed E-state index contributed by atoms with van der Waals surface area (Å²) >= 11 is 0. The monoisotopic (exact) mass is 434 g/mol. The molecule has 8 nitrogen and oxygen atoms in total. The van der Waals surface area contributed by atoms with Gasteiger partial charge >= 0.3 is 5.97 Å². The molecule has 0 spiro atoms. The van der Waals surface area contributed by atoms with Crippen molar-refractivity contribution < 1.29 is 27.2 Å². The summed E-state index contributed by atoms with van der Waals surface area (Å²) < 4.78 is 37.3. The topological polar surface area (TPSA) is 106 Å². The first-order valence-electron chi connectivity index (χ1n) is 9.95. The highest BCUT2D eigenvalue weighted by Crippen LogP contribution is 2.25. The lowest BCUT2D eigenvalue weighted by molar-refractivity contribution is -0.147. The number of ether oxygens (including phenoxy) is 1. The number of anilines is 1. The Morgan fingerprint density at radius 2 is 1.93 bits per heavy atom. The Hall–Kier alpha value is -2.65. The van der Waals surface area contributed by atoms with Gasteiger partial charge in [-0.1, -0.05) is 12.5 Å². The number of benzene rings is 1. The molecule has 1 amide bonds. The fraction of sp³-hybridized carbons (Fsp3) is 0.429. The molecular formula is C21H26N2O6S. The SMILES string of the molecule is Cc1ccc(S(=O)(=O)N2CCCCC2)cc1NC(=O)COC(=O)CCc1ccco1. The van der Waals surface area contributed by atoms with Gasteiger partial charge in [-0.25, -0.2) is 8.42 Å². The van der Waals surface area contributed by atoms with Gasteiger partial charge < -0.3 is 14.5 Å². The van der Waals surface area contributed by atoms with Gasteiger partial charge in [0.25, 0.3) is 5.91 Å². The lowest BCUT2D eigenvalue weighted by Gasteiger charge is -2.26. The minimum absolute atomic E-state index is 0.101. The zero-order chi connectivity index (χ0) is 21.6. The number of amides is 1. The summed E-state index contributed by atoms with van der Waals surface area (Å²) in [4.78, 5) is 24.1. The fourth-order valence-electron chi connectivity index (χ4n) is 3.24. The van der Waals surface area contributed by atoms with E-state index in [2.05, 4.69) is 5.32 Å². The van der Waals surface area contributed by atoms with Crippen molar-refractivity contribution in [3.05, 3.63) is 47.9 Å². The number of nitrogens with one attached hydrogen (secondary N) is 1. The molecule has 2 aromatic rings. The van der Waals surface area contributed by atoms with Crippen LogP contribution in [0.5, 0.6) is 0 Å². The third kappa shape index (κ3) is 5.70. The predicted octanol–water partition coefficient (Wildman–Crippen LogP) is 2.88. The standard InChI is InChI=1S/C21H26N2O6S/c1-16-7-9-18(30(26,27)23-11-3-2-4-12-23)14-19(16)22-20(24)15-29-21(25)10-8-17-6-5-13-28-17/h5-7,9,13-14H,2-4,8,10-12,15H2,1H3,(H,22,24). The third-order valence-corrected chi connectivity index (χ3v) is 6.85. The third-order valence-electron chi connectivity index (χ3n) is 4.96. The number of hydrogen-bond donors (Lipinski definition) is 1. The van der Waals surface area contributed by atoms with E-state index in [-0.39, 0.29) is 11.3 Å². The van der Waals surface area contributed by atoms with Crippen molar-refractivity contribution in [1.82, 2.24) is 4.31 Å². The molecule has 30 heavy (non-hydrogen) atoms. The molecule has 162 valence electrons. The number of piperidine rings is 1. The molecule has 1 aromatic carbocycles. The van der Waals surface area contributed by atoms with Crippen LogP contribution >= 0.6 is 0 Å². The zero-order valence-electron chi connectivity index (χ0n) is 16.9. The Bertz CT molecular complexity index is 979. The molecule has 1 aliphatic heterocycles. The van der Waals surface area contributed by atoms with Crippen LogP contribution in [0.4, 0.5) is 5.69 Å². The van der Waals surface area contributed by atoms with Crippen molar-refractivity contribution in [2.24, 2.45) is 0 Å². The van der Waals surface area contributed by atoms with E-state index in [1.165, 1.54) is 16.6 Å². The highest BCUT2D eigenvalue weighted by molar-refractivity contribution is 7.89. The van der Waals surface area contributed by atoms with Gasteiger partial charge in [0.15, 0.2) is 6.61 Å². The molecule has 0 saturated carbocycles. The molecule has 1 fully saturated rings. The highest BCUT2D eigenvalue weighted by atomic mass is 32.2. The fourth-order valence-corrected chi connectivity index (χ4v) is 4.78. The van der Waals surface area contributed by atoms with Gasteiger partial charge in [-0.15, -0.1) is 0 Å². The maximum Gasteiger partial charge on any atom is 0.306 e. The Morgan fingerprint density at radius 3 is 2.63 bits per heavy atom. The van der Waals surface area contributed by atoms with Crippen LogP contribution in [0.25, 0.3) is 0 Å². The molecule has 0 bridgehead atoms. The molecule has 0 radical (unpaired) electrons. The van der Waals surface area contributed by atoms with Crippen LogP contribution in [0, 0.1) is 6.92 Å². The molecule has 1 aliphatic rings. The number of sulfonamides is 1. The number of hydrogen-bond acceptors (Lipinski definition) is 6. The summed E-state index contributed by atoms with van der Waals surface area (Å²) in [5, 5.41) is 2.63. The van der Waals surface area contributed by atoms with Crippen LogP contribution in [0.2, 0.25) is 0 Å². The van der Waals surface area contributed by atoms with Gasteiger partial charge in [-0.05, 0) is 49.6 Å². The summed E-state index contributed by atoms with van der Waals surface area (Å²) in [6, 6.07) is 8.14. The van der Waals surface area contributed by atoms with E-state index in [1.54, 1.807) is 31.2 Å². The summed E-state index contributed by atoms with van der Waals surface area (Å²) in [6.07, 6.45) is 4.74. The van der Waals surface area contributed by atoms with E-state index in [1.807, 2.05) is 0 Å². The lowest BCUT2D eigenvalue weighted by Crippen LogP contribution is -2.35. The predicted molar refractivity (Wildman–Crippen MR) is 110 cm³/mol. The Kier molecular flexibility index (Phi) is 7.28. The van der Waals surface area contributed by atoms with Crippen molar-refractivity contribution in [3.8, 4) is 0 Å². The van der Waals surface area contributed by atoms with E-state index in [0.29, 0.717) is 36.5 Å². The van der Waals surface area contributed by atoms with E-state index < -0.39 is 28.5 Å². The number of carbonyl (C=O) groups is 2. The van der Waals surface area contributed by atoms with Crippen molar-refractivity contribution >= 4 is 27.6 Å². The Balaban J connectivity index is 1.57. The van der Waals surface area contributed by atoms with Crippen LogP contribution in [0.15, 0.2) is 45.9 Å². The first kappa shape index (κ1) is 22.0. The van der Waals surface area contributed by atoms with Gasteiger partial charge in [0.2, 0.25) is 10.0 Å². The van der Waals surface area contributed by atoms with Crippen molar-refractivity contribution in [2.75, 3.05) is 25.0 Å². The van der Waals surface area contributed by atoms with Crippen LogP contribution in [-0.2, 0) is 30.8 Å². The molecule has 3 rings (SSSR count). The van der Waals surface area contributed by atoms with E-state index in [9.17, 15) is 18.0 Å². The van der Waals surface area contributed by atoms with Gasteiger partial charge in [-0.3, -0.25) is 9.59 Å². The van der Waals surface area contributed by atoms with Crippen LogP contribution < -0.4 is 5.32 Å². The van der Waals surface area contributed by atoms with E-state index in [0.717, 1.165) is 19.3 Å². The zero-order valence-corrected chi connectivity index (χ0v) is 17.7. The molecule has 0 atom stereocenters. The van der Waals surface area contributed by atoms with Gasteiger partial charge in [0, 0.05) is 25.2 Å². The van der Waals surface area contributed by atoms with Gasteiger partial charge in [0.1, 0.15) is 5.76 Å². The molecule has 1 N–H and O–H groups in total. The van der Waals surface area contributed by atoms with Gasteiger partial charge in [-0.2, -0.15) is 4.31 Å². The minimum Gasteiger partial charge on any atom is -0.469 e. The smallest absolute Gasteiger partial charge is 0.306 e. The van der Waals surface area contributed by atoms with Crippen molar-refractivity contribution in [2.45, 2.75) is 43.9 Å².